The van der Waals surface area contributed by atoms with E-state index < -0.39 is 8.07 Å². The van der Waals surface area contributed by atoms with Crippen molar-refractivity contribution in [1.82, 2.24) is 4.98 Å². The van der Waals surface area contributed by atoms with E-state index in [4.69, 9.17) is 5.73 Å². The molecule has 0 aliphatic heterocycles. The van der Waals surface area contributed by atoms with E-state index in [9.17, 15) is 0 Å². The van der Waals surface area contributed by atoms with Crippen LogP contribution in [0.1, 0.15) is 5.56 Å². The van der Waals surface area contributed by atoms with Crippen molar-refractivity contribution in [3.63, 3.8) is 0 Å². The Labute approximate surface area is 97.9 Å². The minimum atomic E-state index is -1.21. The number of hydrogen-bond donors (Lipinski definition) is 2. The SMILES string of the molecule is C[Si](C)(C)c1ccc2[nH]cc(CCN)c2c1. The van der Waals surface area contributed by atoms with Gasteiger partial charge in [0.15, 0.2) is 0 Å². The molecule has 0 amide bonds. The molecule has 86 valence electrons. The van der Waals surface area contributed by atoms with Gasteiger partial charge in [0.05, 0.1) is 8.07 Å². The molecule has 0 aliphatic rings. The highest BCUT2D eigenvalue weighted by Crippen LogP contribution is 2.18. The molecule has 0 aliphatic carbocycles. The Hall–Kier alpha value is -1.06. The maximum Gasteiger partial charge on any atom is 0.0776 e. The van der Waals surface area contributed by atoms with Gasteiger partial charge in [-0.3, -0.25) is 0 Å². The van der Waals surface area contributed by atoms with Gasteiger partial charge in [0.2, 0.25) is 0 Å². The Morgan fingerprint density at radius 3 is 2.62 bits per heavy atom. The zero-order chi connectivity index (χ0) is 11.8. The van der Waals surface area contributed by atoms with Gasteiger partial charge in [0, 0.05) is 17.1 Å². The first kappa shape index (κ1) is 11.4. The zero-order valence-corrected chi connectivity index (χ0v) is 11.3. The molecule has 2 nitrogen and oxygen atoms in total. The topological polar surface area (TPSA) is 41.8 Å². The van der Waals surface area contributed by atoms with Crippen LogP contribution < -0.4 is 10.9 Å². The van der Waals surface area contributed by atoms with Gasteiger partial charge in [-0.2, -0.15) is 0 Å². The molecule has 0 saturated heterocycles. The molecule has 2 rings (SSSR count). The lowest BCUT2D eigenvalue weighted by molar-refractivity contribution is 0.976. The van der Waals surface area contributed by atoms with Crippen molar-refractivity contribution in [2.24, 2.45) is 5.73 Å². The van der Waals surface area contributed by atoms with Crippen LogP contribution in [-0.2, 0) is 6.42 Å². The highest BCUT2D eigenvalue weighted by molar-refractivity contribution is 6.88. The van der Waals surface area contributed by atoms with Crippen molar-refractivity contribution in [3.05, 3.63) is 30.0 Å². The quantitative estimate of drug-likeness (QED) is 0.783. The first-order chi connectivity index (χ1) is 7.52. The van der Waals surface area contributed by atoms with Crippen molar-refractivity contribution in [2.75, 3.05) is 6.54 Å². The maximum absolute atomic E-state index is 5.63. The third kappa shape index (κ3) is 2.06. The molecule has 1 aromatic carbocycles. The molecule has 1 heterocycles. The lowest BCUT2D eigenvalue weighted by atomic mass is 10.1. The molecule has 2 aromatic rings. The van der Waals surface area contributed by atoms with E-state index in [2.05, 4.69) is 49.0 Å². The average molecular weight is 232 g/mol. The fourth-order valence-corrected chi connectivity index (χ4v) is 3.17. The smallest absolute Gasteiger partial charge is 0.0776 e. The summed E-state index contributed by atoms with van der Waals surface area (Å²) in [6.45, 7) is 7.85. The predicted octanol–water partition coefficient (Wildman–Crippen LogP) is 2.21. The van der Waals surface area contributed by atoms with Crippen molar-refractivity contribution < 1.29 is 0 Å². The second kappa shape index (κ2) is 4.07. The Bertz CT molecular complexity index is 494. The third-order valence-electron chi connectivity index (χ3n) is 3.05. The van der Waals surface area contributed by atoms with Gasteiger partial charge in [-0.1, -0.05) is 37.0 Å². The van der Waals surface area contributed by atoms with Crippen LogP contribution in [-0.4, -0.2) is 19.6 Å². The maximum atomic E-state index is 5.63. The third-order valence-corrected chi connectivity index (χ3v) is 5.09. The fourth-order valence-electron chi connectivity index (χ4n) is 2.01. The minimum absolute atomic E-state index is 0.712. The molecule has 0 unspecified atom stereocenters. The normalized spacial score (nSPS) is 12.2. The summed E-state index contributed by atoms with van der Waals surface area (Å²) in [6, 6.07) is 6.81. The van der Waals surface area contributed by atoms with E-state index in [0.29, 0.717) is 6.54 Å². The first-order valence-corrected chi connectivity index (χ1v) is 9.33. The summed E-state index contributed by atoms with van der Waals surface area (Å²) in [4.78, 5) is 3.31. The van der Waals surface area contributed by atoms with E-state index in [1.165, 1.54) is 21.7 Å². The van der Waals surface area contributed by atoms with Crippen molar-refractivity contribution in [3.8, 4) is 0 Å². The van der Waals surface area contributed by atoms with Gasteiger partial charge < -0.3 is 10.7 Å². The molecule has 0 radical (unpaired) electrons. The number of benzene rings is 1. The Balaban J connectivity index is 2.54. The number of nitrogens with one attached hydrogen (secondary N) is 1. The van der Waals surface area contributed by atoms with Crippen LogP contribution in [0.15, 0.2) is 24.4 Å². The van der Waals surface area contributed by atoms with E-state index in [-0.39, 0.29) is 0 Å². The molecule has 0 spiro atoms. The lowest BCUT2D eigenvalue weighted by Gasteiger charge is -2.16. The molecule has 3 N–H and O–H groups in total. The van der Waals surface area contributed by atoms with Crippen LogP contribution in [0.4, 0.5) is 0 Å². The summed E-state index contributed by atoms with van der Waals surface area (Å²) in [6.07, 6.45) is 3.04. The van der Waals surface area contributed by atoms with Gasteiger partial charge in [0.25, 0.3) is 0 Å². The van der Waals surface area contributed by atoms with Crippen molar-refractivity contribution >= 4 is 24.2 Å². The predicted molar refractivity (Wildman–Crippen MR) is 74.0 cm³/mol. The molecule has 0 atom stereocenters. The fraction of sp³-hybridized carbons (Fsp3) is 0.385. The summed E-state index contributed by atoms with van der Waals surface area (Å²) < 4.78 is 0. The molecular weight excluding hydrogens is 212 g/mol. The number of aromatic amines is 1. The van der Waals surface area contributed by atoms with Crippen molar-refractivity contribution in [1.29, 1.82) is 0 Å². The minimum Gasteiger partial charge on any atom is -0.361 e. The Morgan fingerprint density at radius 1 is 1.25 bits per heavy atom. The summed E-state index contributed by atoms with van der Waals surface area (Å²) in [5.74, 6) is 0. The molecule has 1 aromatic heterocycles. The molecule has 0 saturated carbocycles. The largest absolute Gasteiger partial charge is 0.361 e. The van der Waals surface area contributed by atoms with Crippen LogP contribution in [0, 0.1) is 0 Å². The highest BCUT2D eigenvalue weighted by Gasteiger charge is 2.17. The van der Waals surface area contributed by atoms with Gasteiger partial charge in [-0.15, -0.1) is 0 Å². The van der Waals surface area contributed by atoms with Crippen molar-refractivity contribution in [2.45, 2.75) is 26.1 Å². The van der Waals surface area contributed by atoms with E-state index in [1.54, 1.807) is 0 Å². The van der Waals surface area contributed by atoms with Crippen LogP contribution in [0.5, 0.6) is 0 Å². The summed E-state index contributed by atoms with van der Waals surface area (Å²) >= 11 is 0. The number of nitrogens with two attached hydrogens (primary N) is 1. The highest BCUT2D eigenvalue weighted by atomic mass is 28.3. The average Bonchev–Trinajstić information content (AvgIpc) is 2.60. The van der Waals surface area contributed by atoms with Crippen LogP contribution in [0.25, 0.3) is 10.9 Å². The molecular formula is C13H20N2Si. The number of H-pyrrole nitrogens is 1. The molecule has 16 heavy (non-hydrogen) atoms. The van der Waals surface area contributed by atoms with E-state index in [0.717, 1.165) is 6.42 Å². The molecule has 0 fully saturated rings. The van der Waals surface area contributed by atoms with Crippen LogP contribution >= 0.6 is 0 Å². The second-order valence-electron chi connectivity index (χ2n) is 5.36. The number of fused-ring (bicyclic) bond motifs is 1. The summed E-state index contributed by atoms with van der Waals surface area (Å²) in [7, 11) is -1.21. The second-order valence-corrected chi connectivity index (χ2v) is 10.4. The van der Waals surface area contributed by atoms with Gasteiger partial charge in [-0.05, 0) is 24.6 Å². The van der Waals surface area contributed by atoms with E-state index in [1.807, 2.05) is 0 Å². The Kier molecular flexibility index (Phi) is 2.91. The summed E-state index contributed by atoms with van der Waals surface area (Å²) in [5.41, 5.74) is 8.20. The first-order valence-electron chi connectivity index (χ1n) is 5.83. The van der Waals surface area contributed by atoms with Gasteiger partial charge >= 0.3 is 0 Å². The lowest BCUT2D eigenvalue weighted by Crippen LogP contribution is -2.37. The monoisotopic (exact) mass is 232 g/mol. The zero-order valence-electron chi connectivity index (χ0n) is 10.3. The summed E-state index contributed by atoms with van der Waals surface area (Å²) in [5, 5.41) is 2.86. The van der Waals surface area contributed by atoms with Gasteiger partial charge in [0.1, 0.15) is 0 Å². The number of rotatable bonds is 3. The standard InChI is InChI=1S/C13H20N2Si/c1-16(2,3)11-4-5-13-12(8-11)10(6-7-14)9-15-13/h4-5,8-9,15H,6-7,14H2,1-3H3. The Morgan fingerprint density at radius 2 is 2.00 bits per heavy atom. The number of aromatic nitrogens is 1. The number of hydrogen-bond acceptors (Lipinski definition) is 1. The molecule has 3 heteroatoms. The van der Waals surface area contributed by atoms with Gasteiger partial charge in [-0.25, -0.2) is 0 Å². The van der Waals surface area contributed by atoms with Crippen LogP contribution in [0.2, 0.25) is 19.6 Å². The van der Waals surface area contributed by atoms with Crippen LogP contribution in [0.3, 0.4) is 0 Å². The molecule has 0 bridgehead atoms. The van der Waals surface area contributed by atoms with E-state index >= 15 is 0 Å².